The zero-order chi connectivity index (χ0) is 22.5. The Morgan fingerprint density at radius 3 is 1.48 bits per heavy atom. The standard InChI is InChI=1S/C27H20N5P/c28-21-26(32-27(29-30-31-32)22-13-5-1-6-14-22)33(23-15-7-2-8-16-23,24-17-9-3-10-18-24)25-19-11-4-12-20-25/h1-20H. The van der Waals surface area contributed by atoms with Crippen LogP contribution in [0.3, 0.4) is 0 Å². The summed E-state index contributed by atoms with van der Waals surface area (Å²) in [7, 11) is 0. The van der Waals surface area contributed by atoms with Crippen molar-refractivity contribution in [1.29, 1.82) is 5.26 Å². The van der Waals surface area contributed by atoms with Crippen molar-refractivity contribution in [1.82, 2.24) is 20.2 Å². The van der Waals surface area contributed by atoms with Gasteiger partial charge in [-0.25, -0.2) is 0 Å². The molecule has 0 spiro atoms. The van der Waals surface area contributed by atoms with Crippen LogP contribution in [0.25, 0.3) is 11.4 Å². The van der Waals surface area contributed by atoms with Gasteiger partial charge >= 0.3 is 0 Å². The minimum absolute atomic E-state index is 0.509. The first-order valence-corrected chi connectivity index (χ1v) is 12.3. The van der Waals surface area contributed by atoms with Crippen LogP contribution in [0, 0.1) is 11.3 Å². The molecule has 0 aliphatic heterocycles. The van der Waals surface area contributed by atoms with Crippen LogP contribution in [0.2, 0.25) is 0 Å². The number of nitrogens with zero attached hydrogens (tertiary/aromatic N) is 5. The van der Waals surface area contributed by atoms with E-state index in [4.69, 9.17) is 0 Å². The highest BCUT2D eigenvalue weighted by Gasteiger charge is 2.33. The average Bonchev–Trinajstić information content (AvgIpc) is 3.39. The molecule has 4 aromatic carbocycles. The Morgan fingerprint density at radius 1 is 0.636 bits per heavy atom. The summed E-state index contributed by atoms with van der Waals surface area (Å²) in [6.45, 7) is -2.62. The van der Waals surface area contributed by atoms with Crippen molar-refractivity contribution in [3.05, 3.63) is 121 Å². The van der Waals surface area contributed by atoms with E-state index in [0.29, 0.717) is 11.2 Å². The SMILES string of the molecule is N#CC(n1nnnc1-c1ccccc1)=P(c1ccccc1)(c1ccccc1)c1ccccc1. The molecule has 0 saturated carbocycles. The lowest BCUT2D eigenvalue weighted by atomic mass is 10.2. The van der Waals surface area contributed by atoms with E-state index in [9.17, 15) is 5.26 Å². The van der Waals surface area contributed by atoms with Crippen LogP contribution in [0.4, 0.5) is 0 Å². The van der Waals surface area contributed by atoms with Gasteiger partial charge in [0.1, 0.15) is 6.07 Å². The summed E-state index contributed by atoms with van der Waals surface area (Å²) in [5.41, 5.74) is 1.36. The van der Waals surface area contributed by atoms with Crippen LogP contribution in [0.1, 0.15) is 0 Å². The molecule has 0 unspecified atom stereocenters. The van der Waals surface area contributed by atoms with E-state index >= 15 is 0 Å². The fraction of sp³-hybridized carbons (Fsp3) is 0. The molecule has 0 amide bonds. The van der Waals surface area contributed by atoms with Crippen LogP contribution in [-0.4, -0.2) is 25.6 Å². The lowest BCUT2D eigenvalue weighted by molar-refractivity contribution is 0.829. The third kappa shape index (κ3) is 3.57. The second-order valence-corrected chi connectivity index (χ2v) is 10.7. The number of benzene rings is 4. The summed E-state index contributed by atoms with van der Waals surface area (Å²) in [6.07, 6.45) is 0. The topological polar surface area (TPSA) is 67.4 Å². The van der Waals surface area contributed by atoms with E-state index in [-0.39, 0.29) is 0 Å². The highest BCUT2D eigenvalue weighted by molar-refractivity contribution is 7.95. The van der Waals surface area contributed by atoms with E-state index in [2.05, 4.69) is 58.0 Å². The summed E-state index contributed by atoms with van der Waals surface area (Å²) in [6, 6.07) is 42.9. The molecular formula is C27H20N5P. The molecule has 6 heteroatoms. The van der Waals surface area contributed by atoms with Crippen molar-refractivity contribution in [2.45, 2.75) is 0 Å². The van der Waals surface area contributed by atoms with Crippen LogP contribution in [0.5, 0.6) is 0 Å². The van der Waals surface area contributed by atoms with Crippen LogP contribution >= 0.6 is 6.89 Å². The molecule has 5 aromatic rings. The van der Waals surface area contributed by atoms with Crippen molar-refractivity contribution < 1.29 is 0 Å². The van der Waals surface area contributed by atoms with Gasteiger partial charge < -0.3 is 0 Å². The van der Waals surface area contributed by atoms with E-state index in [1.165, 1.54) is 0 Å². The maximum atomic E-state index is 10.7. The molecule has 33 heavy (non-hydrogen) atoms. The molecule has 1 aromatic heterocycles. The monoisotopic (exact) mass is 445 g/mol. The summed E-state index contributed by atoms with van der Waals surface area (Å²) < 4.78 is 1.62. The third-order valence-corrected chi connectivity index (χ3v) is 9.69. The minimum atomic E-state index is -2.62. The Kier molecular flexibility index (Phi) is 5.68. The highest BCUT2D eigenvalue weighted by Crippen LogP contribution is 2.46. The minimum Gasteiger partial charge on any atom is -0.191 e. The summed E-state index contributed by atoms with van der Waals surface area (Å²) >= 11 is 0. The number of rotatable bonds is 5. The maximum Gasteiger partial charge on any atom is 0.188 e. The number of hydrogen-bond donors (Lipinski definition) is 0. The van der Waals surface area contributed by atoms with Gasteiger partial charge in [-0.2, -0.15) is 9.94 Å². The van der Waals surface area contributed by atoms with Crippen molar-refractivity contribution in [2.24, 2.45) is 0 Å². The molecule has 0 fully saturated rings. The van der Waals surface area contributed by atoms with Gasteiger partial charge in [0, 0.05) is 12.4 Å². The summed E-state index contributed by atoms with van der Waals surface area (Å²) in [4.78, 5) is 0. The predicted molar refractivity (Wildman–Crippen MR) is 134 cm³/mol. The summed E-state index contributed by atoms with van der Waals surface area (Å²) in [5, 5.41) is 26.5. The maximum absolute atomic E-state index is 10.7. The van der Waals surface area contributed by atoms with Gasteiger partial charge in [0.05, 0.1) is 0 Å². The Labute approximate surface area is 192 Å². The number of nitriles is 1. The molecular weight excluding hydrogens is 425 g/mol. The Morgan fingerprint density at radius 2 is 1.06 bits per heavy atom. The molecule has 0 bridgehead atoms. The molecule has 5 nitrogen and oxygen atoms in total. The number of hydrogen-bond acceptors (Lipinski definition) is 4. The Bertz CT molecular complexity index is 1350. The third-order valence-electron chi connectivity index (χ3n) is 5.55. The molecule has 0 radical (unpaired) electrons. The van der Waals surface area contributed by atoms with Gasteiger partial charge in [-0.1, -0.05) is 121 Å². The molecule has 0 N–H and O–H groups in total. The second-order valence-electron chi connectivity index (χ2n) is 7.39. The van der Waals surface area contributed by atoms with Crippen molar-refractivity contribution in [3.8, 4) is 17.5 Å². The first kappa shape index (κ1) is 20.6. The van der Waals surface area contributed by atoms with E-state index in [1.54, 1.807) is 4.68 Å². The molecule has 0 saturated heterocycles. The van der Waals surface area contributed by atoms with Gasteiger partial charge in [0.25, 0.3) is 0 Å². The highest BCUT2D eigenvalue weighted by atomic mass is 31.2. The molecule has 158 valence electrons. The second kappa shape index (κ2) is 9.08. The quantitative estimate of drug-likeness (QED) is 0.386. The number of aromatic nitrogens is 4. The first-order chi connectivity index (χ1) is 16.4. The molecule has 5 rings (SSSR count). The van der Waals surface area contributed by atoms with Gasteiger partial charge in [-0.05, 0) is 26.3 Å². The lowest BCUT2D eigenvalue weighted by Gasteiger charge is -2.30. The van der Waals surface area contributed by atoms with Gasteiger partial charge in [0.2, 0.25) is 0 Å². The lowest BCUT2D eigenvalue weighted by Crippen LogP contribution is -2.33. The Balaban J connectivity index is 1.99. The predicted octanol–water partition coefficient (Wildman–Crippen LogP) is 3.84. The first-order valence-electron chi connectivity index (χ1n) is 10.5. The molecule has 0 aliphatic carbocycles. The zero-order valence-electron chi connectivity index (χ0n) is 17.7. The summed E-state index contributed by atoms with van der Waals surface area (Å²) in [5.74, 6) is 0.541. The van der Waals surface area contributed by atoms with E-state index < -0.39 is 6.89 Å². The van der Waals surface area contributed by atoms with Crippen LogP contribution < -0.4 is 15.9 Å². The Hall–Kier alpha value is -4.26. The van der Waals surface area contributed by atoms with Gasteiger partial charge in [-0.3, -0.25) is 0 Å². The van der Waals surface area contributed by atoms with Crippen molar-refractivity contribution >= 4 is 28.2 Å². The number of tetrazole rings is 1. The fourth-order valence-electron chi connectivity index (χ4n) is 4.13. The van der Waals surface area contributed by atoms with Gasteiger partial charge in [0.15, 0.2) is 11.2 Å². The molecule has 1 heterocycles. The van der Waals surface area contributed by atoms with Crippen LogP contribution in [0.15, 0.2) is 121 Å². The van der Waals surface area contributed by atoms with E-state index in [0.717, 1.165) is 21.5 Å². The van der Waals surface area contributed by atoms with Crippen molar-refractivity contribution in [2.75, 3.05) is 0 Å². The van der Waals surface area contributed by atoms with Crippen molar-refractivity contribution in [3.63, 3.8) is 0 Å². The fourth-order valence-corrected chi connectivity index (χ4v) is 8.19. The van der Waals surface area contributed by atoms with E-state index in [1.807, 2.05) is 84.9 Å². The molecule has 0 aliphatic rings. The van der Waals surface area contributed by atoms with Crippen LogP contribution in [-0.2, 0) is 0 Å². The largest absolute Gasteiger partial charge is 0.191 e. The molecule has 0 atom stereocenters. The average molecular weight is 445 g/mol. The zero-order valence-corrected chi connectivity index (χ0v) is 18.6. The van der Waals surface area contributed by atoms with Gasteiger partial charge in [-0.15, -0.1) is 5.10 Å². The normalized spacial score (nSPS) is 11.0. The smallest absolute Gasteiger partial charge is 0.188 e.